The van der Waals surface area contributed by atoms with Crippen molar-refractivity contribution < 1.29 is 35.9 Å². The van der Waals surface area contributed by atoms with Crippen LogP contribution < -0.4 is 20.3 Å². The fourth-order valence-electron chi connectivity index (χ4n) is 4.56. The second-order valence-corrected chi connectivity index (χ2v) is 13.1. The number of aryl methyl sites for hydroxylation is 1. The van der Waals surface area contributed by atoms with Crippen molar-refractivity contribution in [2.75, 3.05) is 31.6 Å². The second kappa shape index (κ2) is 12.9. The van der Waals surface area contributed by atoms with Crippen molar-refractivity contribution in [2.24, 2.45) is 0 Å². The third-order valence-electron chi connectivity index (χ3n) is 6.90. The van der Waals surface area contributed by atoms with E-state index in [2.05, 4.69) is 34.2 Å². The van der Waals surface area contributed by atoms with Gasteiger partial charge in [0.1, 0.15) is 16.7 Å². The molecule has 2 aromatic carbocycles. The zero-order valence-corrected chi connectivity index (χ0v) is 25.6. The summed E-state index contributed by atoms with van der Waals surface area (Å²) in [6.45, 7) is 5.96. The summed E-state index contributed by atoms with van der Waals surface area (Å²) in [6, 6.07) is 10.3. The number of halogens is 3. The minimum Gasteiger partial charge on any atom is -0.406 e. The summed E-state index contributed by atoms with van der Waals surface area (Å²) in [5.74, 6) is -1.10. The minimum atomic E-state index is -4.93. The van der Waals surface area contributed by atoms with Gasteiger partial charge in [-0.3, -0.25) is 9.59 Å². The Hall–Kier alpha value is -3.69. The Bertz CT molecular complexity index is 1560. The molecule has 0 aliphatic carbocycles. The number of carbonyl (C=O) groups excluding carboxylic acids is 2. The van der Waals surface area contributed by atoms with E-state index in [-0.39, 0.29) is 37.0 Å². The van der Waals surface area contributed by atoms with Gasteiger partial charge in [-0.25, -0.2) is 13.4 Å². The van der Waals surface area contributed by atoms with Crippen molar-refractivity contribution in [1.29, 1.82) is 0 Å². The van der Waals surface area contributed by atoms with Gasteiger partial charge in [0.05, 0.1) is 10.6 Å². The van der Waals surface area contributed by atoms with Crippen LogP contribution in [0.25, 0.3) is 0 Å². The van der Waals surface area contributed by atoms with Gasteiger partial charge in [0.25, 0.3) is 5.91 Å². The van der Waals surface area contributed by atoms with Gasteiger partial charge in [0.2, 0.25) is 15.9 Å². The molecule has 0 radical (unpaired) electrons. The number of hydrogen-bond acceptors (Lipinski definition) is 8. The average molecular weight is 640 g/mol. The normalized spacial score (nSPS) is 16.3. The number of hydrogen-bond donors (Lipinski definition) is 2. The Kier molecular flexibility index (Phi) is 9.66. The molecule has 2 heterocycles. The van der Waals surface area contributed by atoms with E-state index < -0.39 is 34.1 Å². The van der Waals surface area contributed by atoms with Gasteiger partial charge < -0.3 is 20.3 Å². The topological polar surface area (TPSA) is 121 Å². The third-order valence-corrected chi connectivity index (χ3v) is 10.0. The van der Waals surface area contributed by atoms with Crippen molar-refractivity contribution in [3.63, 3.8) is 0 Å². The van der Waals surface area contributed by atoms with Gasteiger partial charge in [-0.2, -0.15) is 4.31 Å². The number of benzene rings is 2. The fourth-order valence-corrected chi connectivity index (χ4v) is 7.18. The summed E-state index contributed by atoms with van der Waals surface area (Å²) < 4.78 is 70.1. The Morgan fingerprint density at radius 3 is 2.33 bits per heavy atom. The van der Waals surface area contributed by atoms with Crippen LogP contribution in [0.2, 0.25) is 0 Å². The number of anilines is 1. The molecule has 1 atom stereocenters. The lowest BCUT2D eigenvalue weighted by Gasteiger charge is -2.39. The standard InChI is InChI=1S/C28H32F3N5O5S2/c1-17(2)20-7-5-19(6-8-20)15-33-25(37)23-16-35(27-34-18(3)24(42-27)26(38)32-4)13-14-36(23)43(39,40)22-11-9-21(10-12-22)41-28(29,30)31/h5-12,17,23H,13-16H2,1-4H3,(H,32,38)(H,33,37)/t23-/m1/s1. The smallest absolute Gasteiger partial charge is 0.406 e. The lowest BCUT2D eigenvalue weighted by atomic mass is 10.0. The second-order valence-electron chi connectivity index (χ2n) is 10.2. The predicted octanol–water partition coefficient (Wildman–Crippen LogP) is 4.03. The van der Waals surface area contributed by atoms with Crippen LogP contribution in [0.4, 0.5) is 18.3 Å². The maximum absolute atomic E-state index is 13.7. The Morgan fingerprint density at radius 1 is 1.09 bits per heavy atom. The van der Waals surface area contributed by atoms with Gasteiger partial charge in [-0.05, 0) is 48.2 Å². The molecule has 0 unspecified atom stereocenters. The molecule has 3 aromatic rings. The summed E-state index contributed by atoms with van der Waals surface area (Å²) in [6.07, 6.45) is -4.93. The highest BCUT2D eigenvalue weighted by molar-refractivity contribution is 7.89. The number of sulfonamides is 1. The molecule has 4 rings (SSSR count). The van der Waals surface area contributed by atoms with E-state index in [0.717, 1.165) is 51.0 Å². The van der Waals surface area contributed by atoms with Crippen molar-refractivity contribution in [1.82, 2.24) is 19.9 Å². The van der Waals surface area contributed by atoms with Crippen LogP contribution in [-0.4, -0.2) is 68.6 Å². The van der Waals surface area contributed by atoms with E-state index in [1.165, 1.54) is 7.05 Å². The van der Waals surface area contributed by atoms with Crippen LogP contribution in [0, 0.1) is 6.92 Å². The summed E-state index contributed by atoms with van der Waals surface area (Å²) in [4.78, 5) is 32.2. The van der Waals surface area contributed by atoms with E-state index in [1.54, 1.807) is 11.8 Å². The van der Waals surface area contributed by atoms with Crippen LogP contribution in [0.3, 0.4) is 0 Å². The highest BCUT2D eigenvalue weighted by Gasteiger charge is 2.41. The molecule has 1 aliphatic heterocycles. The van der Waals surface area contributed by atoms with E-state index in [9.17, 15) is 31.2 Å². The van der Waals surface area contributed by atoms with Crippen LogP contribution in [0.1, 0.15) is 46.3 Å². The molecule has 1 aliphatic rings. The van der Waals surface area contributed by atoms with Crippen molar-refractivity contribution in [2.45, 2.75) is 50.5 Å². The molecule has 43 heavy (non-hydrogen) atoms. The number of carbonyl (C=O) groups is 2. The summed E-state index contributed by atoms with van der Waals surface area (Å²) in [7, 11) is -2.81. The number of ether oxygens (including phenoxy) is 1. The largest absolute Gasteiger partial charge is 0.573 e. The first kappa shape index (κ1) is 32.2. The molecule has 10 nitrogen and oxygen atoms in total. The highest BCUT2D eigenvalue weighted by atomic mass is 32.2. The molecule has 0 saturated carbocycles. The van der Waals surface area contributed by atoms with Gasteiger partial charge in [-0.1, -0.05) is 49.4 Å². The number of nitrogens with zero attached hydrogens (tertiary/aromatic N) is 3. The van der Waals surface area contributed by atoms with Gasteiger partial charge in [0.15, 0.2) is 5.13 Å². The van der Waals surface area contributed by atoms with Crippen molar-refractivity contribution in [3.05, 3.63) is 70.2 Å². The zero-order chi connectivity index (χ0) is 31.5. The molecule has 2 amide bonds. The SMILES string of the molecule is CNC(=O)c1sc(N2CCN(S(=O)(=O)c3ccc(OC(F)(F)F)cc3)[C@@H](C(=O)NCc3ccc(C(C)C)cc3)C2)nc1C. The highest BCUT2D eigenvalue weighted by Crippen LogP contribution is 2.31. The molecular formula is C28H32F3N5O5S2. The molecule has 2 N–H and O–H groups in total. The summed E-state index contributed by atoms with van der Waals surface area (Å²) >= 11 is 1.13. The minimum absolute atomic E-state index is 0.0627. The van der Waals surface area contributed by atoms with Crippen LogP contribution in [-0.2, 0) is 21.4 Å². The van der Waals surface area contributed by atoms with Crippen LogP contribution >= 0.6 is 11.3 Å². The number of rotatable bonds is 9. The molecular weight excluding hydrogens is 607 g/mol. The predicted molar refractivity (Wildman–Crippen MR) is 156 cm³/mol. The first-order valence-electron chi connectivity index (χ1n) is 13.4. The Morgan fingerprint density at radius 2 is 1.74 bits per heavy atom. The molecule has 1 saturated heterocycles. The molecule has 0 spiro atoms. The van der Waals surface area contributed by atoms with Crippen molar-refractivity contribution >= 4 is 38.3 Å². The number of amides is 2. The monoisotopic (exact) mass is 639 g/mol. The Labute approximate surface area is 251 Å². The zero-order valence-electron chi connectivity index (χ0n) is 23.9. The molecule has 15 heteroatoms. The number of nitrogens with one attached hydrogen (secondary N) is 2. The number of alkyl halides is 3. The molecule has 1 fully saturated rings. The van der Waals surface area contributed by atoms with Gasteiger partial charge in [-0.15, -0.1) is 13.2 Å². The van der Waals surface area contributed by atoms with Crippen LogP contribution in [0.5, 0.6) is 5.75 Å². The number of piperazine rings is 1. The Balaban J connectivity index is 1.60. The maximum Gasteiger partial charge on any atom is 0.573 e. The first-order chi connectivity index (χ1) is 20.2. The average Bonchev–Trinajstić information content (AvgIpc) is 3.36. The maximum atomic E-state index is 13.7. The van der Waals surface area contributed by atoms with Gasteiger partial charge >= 0.3 is 6.36 Å². The lowest BCUT2D eigenvalue weighted by Crippen LogP contribution is -2.60. The number of aromatic nitrogens is 1. The lowest BCUT2D eigenvalue weighted by molar-refractivity contribution is -0.274. The van der Waals surface area contributed by atoms with E-state index in [1.807, 2.05) is 24.3 Å². The fraction of sp³-hybridized carbons (Fsp3) is 0.393. The third kappa shape index (κ3) is 7.64. The molecule has 232 valence electrons. The van der Waals surface area contributed by atoms with Crippen LogP contribution in [0.15, 0.2) is 53.4 Å². The first-order valence-corrected chi connectivity index (χ1v) is 15.6. The summed E-state index contributed by atoms with van der Waals surface area (Å²) in [5, 5.41) is 5.84. The van der Waals surface area contributed by atoms with Crippen molar-refractivity contribution in [3.8, 4) is 5.75 Å². The molecule has 0 bridgehead atoms. The van der Waals surface area contributed by atoms with Gasteiger partial charge in [0, 0.05) is 33.2 Å². The quantitative estimate of drug-likeness (QED) is 0.363. The van der Waals surface area contributed by atoms with E-state index >= 15 is 0 Å². The van der Waals surface area contributed by atoms with E-state index in [0.29, 0.717) is 21.6 Å². The summed E-state index contributed by atoms with van der Waals surface area (Å²) in [5.41, 5.74) is 2.46. The number of thiazole rings is 1. The van der Waals surface area contributed by atoms with E-state index in [4.69, 9.17) is 0 Å². The molecule has 1 aromatic heterocycles.